The number of phosphoric ester groups is 1. The van der Waals surface area contributed by atoms with Crippen molar-refractivity contribution in [1.82, 2.24) is 5.32 Å². The van der Waals surface area contributed by atoms with E-state index in [1.54, 1.807) is 0 Å². The molecule has 3 N–H and O–H groups in total. The van der Waals surface area contributed by atoms with E-state index in [1.165, 1.54) is 193 Å². The molecular formula is C55H110N2O6P+. The molecule has 0 aromatic rings. The second kappa shape index (κ2) is 47.1. The molecule has 0 aliphatic rings. The molecule has 1 amide bonds. The highest BCUT2D eigenvalue weighted by Crippen LogP contribution is 2.43. The van der Waals surface area contributed by atoms with Crippen molar-refractivity contribution in [1.29, 1.82) is 0 Å². The number of carbonyl (C=O) groups excluding carboxylic acids is 1. The molecule has 9 heteroatoms. The molecule has 0 bridgehead atoms. The van der Waals surface area contributed by atoms with Gasteiger partial charge in [0.05, 0.1) is 39.9 Å². The van der Waals surface area contributed by atoms with Gasteiger partial charge in [-0.1, -0.05) is 244 Å². The van der Waals surface area contributed by atoms with Crippen molar-refractivity contribution in [3.63, 3.8) is 0 Å². The van der Waals surface area contributed by atoms with Gasteiger partial charge < -0.3 is 19.8 Å². The Balaban J connectivity index is 4.16. The van der Waals surface area contributed by atoms with E-state index in [0.29, 0.717) is 23.9 Å². The van der Waals surface area contributed by atoms with Crippen molar-refractivity contribution in [3.05, 3.63) is 24.3 Å². The average molecular weight is 926 g/mol. The number of aliphatic hydroxyl groups is 1. The number of unbranched alkanes of at least 4 members (excludes halogenated alkanes) is 34. The number of amides is 1. The van der Waals surface area contributed by atoms with E-state index >= 15 is 0 Å². The topological polar surface area (TPSA) is 105 Å². The summed E-state index contributed by atoms with van der Waals surface area (Å²) in [5, 5.41) is 14.1. The van der Waals surface area contributed by atoms with E-state index in [4.69, 9.17) is 9.05 Å². The molecule has 0 aromatic carbocycles. The van der Waals surface area contributed by atoms with Crippen LogP contribution in [0.25, 0.3) is 0 Å². The van der Waals surface area contributed by atoms with Gasteiger partial charge in [-0.05, 0) is 44.9 Å². The highest BCUT2D eigenvalue weighted by molar-refractivity contribution is 7.47. The van der Waals surface area contributed by atoms with Gasteiger partial charge in [0.2, 0.25) is 5.91 Å². The summed E-state index contributed by atoms with van der Waals surface area (Å²) in [4.78, 5) is 23.3. The summed E-state index contributed by atoms with van der Waals surface area (Å²) >= 11 is 0. The average Bonchev–Trinajstić information content (AvgIpc) is 3.25. The fraction of sp³-hybridized carbons (Fsp3) is 0.909. The Morgan fingerprint density at radius 2 is 0.891 bits per heavy atom. The summed E-state index contributed by atoms with van der Waals surface area (Å²) in [6, 6.07) is -0.764. The molecule has 0 spiro atoms. The summed E-state index contributed by atoms with van der Waals surface area (Å²) in [7, 11) is 1.62. The van der Waals surface area contributed by atoms with Crippen LogP contribution in [0.3, 0.4) is 0 Å². The van der Waals surface area contributed by atoms with E-state index in [0.717, 1.165) is 51.4 Å². The van der Waals surface area contributed by atoms with Crippen molar-refractivity contribution >= 4 is 13.7 Å². The van der Waals surface area contributed by atoms with Gasteiger partial charge >= 0.3 is 7.82 Å². The number of hydrogen-bond donors (Lipinski definition) is 3. The molecule has 0 rings (SSSR count). The van der Waals surface area contributed by atoms with Gasteiger partial charge in [0.1, 0.15) is 13.2 Å². The molecule has 0 aromatic heterocycles. The fourth-order valence-electron chi connectivity index (χ4n) is 8.31. The quantitative estimate of drug-likeness (QED) is 0.0243. The normalized spacial score (nSPS) is 14.2. The van der Waals surface area contributed by atoms with Crippen LogP contribution in [0.1, 0.15) is 271 Å². The molecule has 0 aliphatic heterocycles. The van der Waals surface area contributed by atoms with Crippen LogP contribution in [0, 0.1) is 0 Å². The number of nitrogens with zero attached hydrogens (tertiary/aromatic N) is 1. The standard InChI is InChI=1S/C55H109N2O6P/c1-6-8-10-12-14-16-18-20-22-24-25-26-27-28-29-30-31-33-34-36-38-40-42-44-46-48-54(58)53(52-63-64(60,61)62-51-50-57(3,4)5)56-55(59)49-47-45-43-41-39-37-35-32-23-21-19-17-15-13-11-9-7-2/h15,17,21,23,53-54,58H,6-14,16,18-20,22,24-52H2,1-5H3,(H-,56,59,60,61)/p+1/b17-15-,23-21-. The van der Waals surface area contributed by atoms with E-state index < -0.39 is 20.0 Å². The van der Waals surface area contributed by atoms with Crippen LogP contribution in [0.5, 0.6) is 0 Å². The van der Waals surface area contributed by atoms with E-state index in [9.17, 15) is 19.4 Å². The maximum absolute atomic E-state index is 13.0. The van der Waals surface area contributed by atoms with E-state index in [-0.39, 0.29) is 19.1 Å². The predicted molar refractivity (Wildman–Crippen MR) is 277 cm³/mol. The molecule has 380 valence electrons. The summed E-state index contributed by atoms with van der Waals surface area (Å²) in [5.41, 5.74) is 0. The van der Waals surface area contributed by atoms with Crippen molar-refractivity contribution < 1.29 is 32.9 Å². The number of likely N-dealkylation sites (N-methyl/N-ethyl adjacent to an activating group) is 1. The number of allylic oxidation sites excluding steroid dienone is 4. The molecule has 64 heavy (non-hydrogen) atoms. The molecule has 3 atom stereocenters. The zero-order chi connectivity index (χ0) is 47.1. The first-order valence-corrected chi connectivity index (χ1v) is 29.2. The number of hydrogen-bond acceptors (Lipinski definition) is 5. The molecule has 8 nitrogen and oxygen atoms in total. The number of rotatable bonds is 51. The highest BCUT2D eigenvalue weighted by Gasteiger charge is 2.28. The van der Waals surface area contributed by atoms with Crippen molar-refractivity contribution in [2.75, 3.05) is 40.9 Å². The van der Waals surface area contributed by atoms with Crippen molar-refractivity contribution in [2.45, 2.75) is 283 Å². The number of carbonyl (C=O) groups is 1. The molecule has 0 saturated heterocycles. The molecule has 0 fully saturated rings. The van der Waals surface area contributed by atoms with Gasteiger partial charge in [0, 0.05) is 6.42 Å². The lowest BCUT2D eigenvalue weighted by Gasteiger charge is -2.26. The van der Waals surface area contributed by atoms with Crippen LogP contribution in [0.2, 0.25) is 0 Å². The first-order chi connectivity index (χ1) is 31.0. The predicted octanol–water partition coefficient (Wildman–Crippen LogP) is 16.4. The lowest BCUT2D eigenvalue weighted by Crippen LogP contribution is -2.46. The van der Waals surface area contributed by atoms with Crippen LogP contribution in [-0.2, 0) is 18.4 Å². The maximum atomic E-state index is 13.0. The molecule has 0 radical (unpaired) electrons. The Morgan fingerprint density at radius 1 is 0.531 bits per heavy atom. The number of aliphatic hydroxyl groups excluding tert-OH is 1. The van der Waals surface area contributed by atoms with Crippen molar-refractivity contribution in [2.24, 2.45) is 0 Å². The van der Waals surface area contributed by atoms with Gasteiger partial charge in [-0.3, -0.25) is 13.8 Å². The van der Waals surface area contributed by atoms with E-state index in [1.807, 2.05) is 21.1 Å². The lowest BCUT2D eigenvalue weighted by molar-refractivity contribution is -0.870. The lowest BCUT2D eigenvalue weighted by atomic mass is 10.0. The maximum Gasteiger partial charge on any atom is 0.472 e. The van der Waals surface area contributed by atoms with E-state index in [2.05, 4.69) is 43.5 Å². The smallest absolute Gasteiger partial charge is 0.391 e. The Hall–Kier alpha value is -1.02. The summed E-state index contributed by atoms with van der Waals surface area (Å²) in [5.74, 6) is -0.149. The van der Waals surface area contributed by atoms with Crippen LogP contribution in [-0.4, -0.2) is 73.4 Å². The van der Waals surface area contributed by atoms with Crippen LogP contribution < -0.4 is 5.32 Å². The minimum absolute atomic E-state index is 0.0740. The summed E-state index contributed by atoms with van der Waals surface area (Å²) in [6.45, 7) is 4.89. The third-order valence-electron chi connectivity index (χ3n) is 12.7. The Labute approximate surface area is 398 Å². The second-order valence-corrected chi connectivity index (χ2v) is 21.8. The van der Waals surface area contributed by atoms with Crippen LogP contribution in [0.4, 0.5) is 0 Å². The monoisotopic (exact) mass is 926 g/mol. The van der Waals surface area contributed by atoms with Gasteiger partial charge in [0.15, 0.2) is 0 Å². The van der Waals surface area contributed by atoms with Gasteiger partial charge in [-0.2, -0.15) is 0 Å². The Bertz CT molecular complexity index is 1090. The van der Waals surface area contributed by atoms with Gasteiger partial charge in [-0.25, -0.2) is 4.57 Å². The van der Waals surface area contributed by atoms with Gasteiger partial charge in [0.25, 0.3) is 0 Å². The summed E-state index contributed by atoms with van der Waals surface area (Å²) < 4.78 is 23.8. The number of phosphoric acid groups is 1. The third-order valence-corrected chi connectivity index (χ3v) is 13.7. The zero-order valence-electron chi connectivity index (χ0n) is 43.3. The second-order valence-electron chi connectivity index (χ2n) is 20.3. The first kappa shape index (κ1) is 63.0. The Morgan fingerprint density at radius 3 is 1.31 bits per heavy atom. The van der Waals surface area contributed by atoms with Crippen LogP contribution >= 0.6 is 7.82 Å². The highest BCUT2D eigenvalue weighted by atomic mass is 31.2. The van der Waals surface area contributed by atoms with Crippen molar-refractivity contribution in [3.8, 4) is 0 Å². The minimum atomic E-state index is -4.32. The van der Waals surface area contributed by atoms with Gasteiger partial charge in [-0.15, -0.1) is 0 Å². The minimum Gasteiger partial charge on any atom is -0.391 e. The third kappa shape index (κ3) is 48.9. The largest absolute Gasteiger partial charge is 0.472 e. The molecular weight excluding hydrogens is 816 g/mol. The SMILES string of the molecule is CCCCC/C=C\C/C=C\CCCCCCCCCC(=O)NC(COP(=O)(O)OCC[N+](C)(C)C)C(O)CCCCCCCCCCCCCCCCCCCCCCCCCCC. The fourth-order valence-corrected chi connectivity index (χ4v) is 9.05. The summed E-state index contributed by atoms with van der Waals surface area (Å²) in [6.07, 6.45) is 58.0. The molecule has 0 saturated carbocycles. The first-order valence-electron chi connectivity index (χ1n) is 27.7. The Kier molecular flexibility index (Phi) is 46.3. The molecule has 0 heterocycles. The zero-order valence-corrected chi connectivity index (χ0v) is 44.2. The number of quaternary nitrogens is 1. The van der Waals surface area contributed by atoms with Crippen LogP contribution in [0.15, 0.2) is 24.3 Å². The molecule has 0 aliphatic carbocycles. The molecule has 3 unspecified atom stereocenters. The number of nitrogens with one attached hydrogen (secondary N) is 1.